The molecule has 1 unspecified atom stereocenters. The molecule has 1 aliphatic rings. The SMILES string of the molecule is COc1ccc2nc(C3C(=S=O)CCc4ncccc43)[nH]c2c1. The van der Waals surface area contributed by atoms with Crippen LogP contribution in [0.1, 0.15) is 29.4 Å². The van der Waals surface area contributed by atoms with Crippen molar-refractivity contribution in [2.24, 2.45) is 0 Å². The molecule has 1 N–H and O–H groups in total. The maximum absolute atomic E-state index is 11.6. The van der Waals surface area contributed by atoms with Crippen molar-refractivity contribution in [3.05, 3.63) is 53.6 Å². The number of nitrogens with zero attached hydrogens (tertiary/aromatic N) is 2. The Kier molecular flexibility index (Phi) is 3.46. The van der Waals surface area contributed by atoms with Gasteiger partial charge in [-0.15, -0.1) is 0 Å². The third-order valence-electron chi connectivity index (χ3n) is 4.25. The number of nitrogens with one attached hydrogen (secondary N) is 1. The van der Waals surface area contributed by atoms with Crippen molar-refractivity contribution in [2.75, 3.05) is 7.11 Å². The number of fused-ring (bicyclic) bond motifs is 2. The fourth-order valence-corrected chi connectivity index (χ4v) is 3.66. The fourth-order valence-electron chi connectivity index (χ4n) is 3.14. The van der Waals surface area contributed by atoms with Gasteiger partial charge in [-0.3, -0.25) is 4.98 Å². The summed E-state index contributed by atoms with van der Waals surface area (Å²) in [6.07, 6.45) is 3.35. The summed E-state index contributed by atoms with van der Waals surface area (Å²) >= 11 is 0.584. The lowest BCUT2D eigenvalue weighted by molar-refractivity contribution is 0.415. The highest BCUT2D eigenvalue weighted by molar-refractivity contribution is 7.66. The third-order valence-corrected chi connectivity index (χ3v) is 4.91. The van der Waals surface area contributed by atoms with E-state index in [1.54, 1.807) is 13.3 Å². The second kappa shape index (κ2) is 5.62. The number of hydrogen-bond donors (Lipinski definition) is 1. The molecule has 0 radical (unpaired) electrons. The van der Waals surface area contributed by atoms with E-state index in [9.17, 15) is 4.21 Å². The zero-order valence-electron chi connectivity index (χ0n) is 12.6. The highest BCUT2D eigenvalue weighted by Crippen LogP contribution is 2.33. The van der Waals surface area contributed by atoms with E-state index < -0.39 is 0 Å². The summed E-state index contributed by atoms with van der Waals surface area (Å²) < 4.78 is 16.9. The first-order chi connectivity index (χ1) is 11.3. The summed E-state index contributed by atoms with van der Waals surface area (Å²) in [6.45, 7) is 0. The van der Waals surface area contributed by atoms with E-state index in [4.69, 9.17) is 9.72 Å². The van der Waals surface area contributed by atoms with Crippen molar-refractivity contribution < 1.29 is 8.95 Å². The molecule has 116 valence electrons. The van der Waals surface area contributed by atoms with Crippen LogP contribution in [0.15, 0.2) is 36.5 Å². The van der Waals surface area contributed by atoms with Crippen molar-refractivity contribution >= 4 is 27.2 Å². The number of methoxy groups -OCH3 is 1. The van der Waals surface area contributed by atoms with Crippen molar-refractivity contribution in [3.63, 3.8) is 0 Å². The van der Waals surface area contributed by atoms with Gasteiger partial charge in [0.05, 0.1) is 35.3 Å². The summed E-state index contributed by atoms with van der Waals surface area (Å²) in [5, 5.41) is 0. The van der Waals surface area contributed by atoms with Gasteiger partial charge in [0.1, 0.15) is 11.6 Å². The quantitative estimate of drug-likeness (QED) is 0.735. The molecule has 3 aromatic rings. The van der Waals surface area contributed by atoms with Crippen molar-refractivity contribution in [1.29, 1.82) is 0 Å². The molecule has 0 bridgehead atoms. The molecule has 5 nitrogen and oxygen atoms in total. The van der Waals surface area contributed by atoms with Gasteiger partial charge in [0.25, 0.3) is 0 Å². The largest absolute Gasteiger partial charge is 0.497 e. The van der Waals surface area contributed by atoms with E-state index in [0.717, 1.165) is 51.6 Å². The average molecular weight is 325 g/mol. The fraction of sp³-hybridized carbons (Fsp3) is 0.235. The lowest BCUT2D eigenvalue weighted by Crippen LogP contribution is -2.23. The van der Waals surface area contributed by atoms with E-state index in [1.165, 1.54) is 0 Å². The molecule has 2 aromatic heterocycles. The first-order valence-electron chi connectivity index (χ1n) is 7.43. The molecular weight excluding hydrogens is 310 g/mol. The summed E-state index contributed by atoms with van der Waals surface area (Å²) in [6, 6.07) is 9.68. The number of benzene rings is 1. The molecule has 1 aliphatic carbocycles. The smallest absolute Gasteiger partial charge is 0.121 e. The number of pyridine rings is 1. The predicted octanol–water partition coefficient (Wildman–Crippen LogP) is 2.43. The van der Waals surface area contributed by atoms with Crippen LogP contribution in [0.25, 0.3) is 11.0 Å². The van der Waals surface area contributed by atoms with Gasteiger partial charge in [-0.05, 0) is 36.6 Å². The number of ether oxygens (including phenoxy) is 1. The number of aryl methyl sites for hydroxylation is 1. The van der Waals surface area contributed by atoms with E-state index >= 15 is 0 Å². The Morgan fingerprint density at radius 1 is 1.30 bits per heavy atom. The van der Waals surface area contributed by atoms with Crippen molar-refractivity contribution in [1.82, 2.24) is 15.0 Å². The van der Waals surface area contributed by atoms with Gasteiger partial charge < -0.3 is 9.72 Å². The zero-order valence-corrected chi connectivity index (χ0v) is 13.4. The van der Waals surface area contributed by atoms with Crippen LogP contribution in [0, 0.1) is 0 Å². The summed E-state index contributed by atoms with van der Waals surface area (Å²) in [5.74, 6) is 1.44. The first-order valence-corrected chi connectivity index (χ1v) is 8.17. The average Bonchev–Trinajstić information content (AvgIpc) is 3.03. The Morgan fingerprint density at radius 3 is 3.04 bits per heavy atom. The molecule has 0 spiro atoms. The maximum atomic E-state index is 11.6. The molecule has 1 atom stereocenters. The molecule has 4 rings (SSSR count). The molecule has 6 heteroatoms. The Hall–Kier alpha value is -2.47. The van der Waals surface area contributed by atoms with Crippen LogP contribution in [-0.4, -0.2) is 31.1 Å². The van der Waals surface area contributed by atoms with Crippen LogP contribution in [0.5, 0.6) is 5.75 Å². The molecule has 0 saturated heterocycles. The molecule has 0 aliphatic heterocycles. The molecule has 2 heterocycles. The van der Waals surface area contributed by atoms with Crippen LogP contribution in [0.2, 0.25) is 0 Å². The number of hydrogen-bond acceptors (Lipinski definition) is 4. The van der Waals surface area contributed by atoms with E-state index in [0.29, 0.717) is 11.3 Å². The standard InChI is InChI=1S/C17H15N3O2S/c1-22-10-4-5-13-14(9-10)20-17(19-13)16-11-3-2-8-18-12(11)6-7-15(16)23-21/h2-5,8-9,16H,6-7H2,1H3,(H,19,20). The van der Waals surface area contributed by atoms with Gasteiger partial charge in [-0.25, -0.2) is 9.19 Å². The van der Waals surface area contributed by atoms with Crippen LogP contribution >= 0.6 is 0 Å². The summed E-state index contributed by atoms with van der Waals surface area (Å²) in [7, 11) is 1.64. The first kappa shape index (κ1) is 14.1. The molecular formula is C17H15N3O2S. The summed E-state index contributed by atoms with van der Waals surface area (Å²) in [5.41, 5.74) is 3.90. The lowest BCUT2D eigenvalue weighted by Gasteiger charge is -2.23. The minimum atomic E-state index is -0.131. The van der Waals surface area contributed by atoms with Crippen LogP contribution in [0.4, 0.5) is 0 Å². The Bertz CT molecular complexity index is 944. The van der Waals surface area contributed by atoms with Gasteiger partial charge in [-0.1, -0.05) is 6.07 Å². The van der Waals surface area contributed by atoms with Crippen LogP contribution in [-0.2, 0) is 17.7 Å². The second-order valence-electron chi connectivity index (χ2n) is 5.53. The highest BCUT2D eigenvalue weighted by atomic mass is 32.1. The summed E-state index contributed by atoms with van der Waals surface area (Å²) in [4.78, 5) is 13.4. The van der Waals surface area contributed by atoms with Gasteiger partial charge in [-0.2, -0.15) is 0 Å². The highest BCUT2D eigenvalue weighted by Gasteiger charge is 2.30. The van der Waals surface area contributed by atoms with Crippen molar-refractivity contribution in [3.8, 4) is 5.75 Å². The Morgan fingerprint density at radius 2 is 2.22 bits per heavy atom. The van der Waals surface area contributed by atoms with E-state index in [-0.39, 0.29) is 5.92 Å². The van der Waals surface area contributed by atoms with E-state index in [1.807, 2.05) is 30.3 Å². The normalized spacial score (nSPS) is 17.1. The van der Waals surface area contributed by atoms with Gasteiger partial charge >= 0.3 is 0 Å². The van der Waals surface area contributed by atoms with Crippen LogP contribution in [0.3, 0.4) is 0 Å². The number of H-pyrrole nitrogens is 1. The molecule has 23 heavy (non-hydrogen) atoms. The van der Waals surface area contributed by atoms with E-state index in [2.05, 4.69) is 9.97 Å². The maximum Gasteiger partial charge on any atom is 0.121 e. The van der Waals surface area contributed by atoms with Crippen molar-refractivity contribution in [2.45, 2.75) is 18.8 Å². The number of imidazole rings is 1. The van der Waals surface area contributed by atoms with Gasteiger partial charge in [0.15, 0.2) is 0 Å². The van der Waals surface area contributed by atoms with Gasteiger partial charge in [0.2, 0.25) is 0 Å². The number of aromatic amines is 1. The predicted molar refractivity (Wildman–Crippen MR) is 90.2 cm³/mol. The lowest BCUT2D eigenvalue weighted by atomic mass is 9.85. The minimum Gasteiger partial charge on any atom is -0.497 e. The molecule has 0 saturated carbocycles. The monoisotopic (exact) mass is 325 g/mol. The zero-order chi connectivity index (χ0) is 15.8. The van der Waals surface area contributed by atoms with Gasteiger partial charge in [0, 0.05) is 22.8 Å². The number of aromatic nitrogens is 3. The number of rotatable bonds is 2. The third kappa shape index (κ3) is 2.35. The molecule has 0 amide bonds. The molecule has 1 aromatic carbocycles. The topological polar surface area (TPSA) is 67.9 Å². The van der Waals surface area contributed by atoms with Crippen LogP contribution < -0.4 is 4.74 Å². The second-order valence-corrected chi connectivity index (χ2v) is 6.22. The molecule has 0 fully saturated rings. The Balaban J connectivity index is 1.89. The minimum absolute atomic E-state index is 0.131. The Labute approximate surface area is 136 Å².